The van der Waals surface area contributed by atoms with Gasteiger partial charge in [-0.1, -0.05) is 41.9 Å². The Morgan fingerprint density at radius 3 is 2.64 bits per heavy atom. The first-order valence-corrected chi connectivity index (χ1v) is 6.18. The molecule has 0 fully saturated rings. The van der Waals surface area contributed by atoms with E-state index in [0.717, 1.165) is 15.3 Å². The molecule has 0 radical (unpaired) electrons. The fraction of sp³-hybridized carbons (Fsp3) is 0.100. The maximum absolute atomic E-state index is 11.5. The largest absolute Gasteiger partial charge is 0.276 e. The zero-order valence-electron chi connectivity index (χ0n) is 7.61. The molecular formula is C10H9NOS2. The molecule has 72 valence electrons. The Labute approximate surface area is 90.1 Å². The molecule has 1 aromatic heterocycles. The van der Waals surface area contributed by atoms with Crippen molar-refractivity contribution < 1.29 is 0 Å². The second-order valence-corrected chi connectivity index (χ2v) is 4.66. The second-order valence-electron chi connectivity index (χ2n) is 2.77. The van der Waals surface area contributed by atoms with Gasteiger partial charge in [-0.05, 0) is 11.8 Å². The number of H-pyrrole nitrogens is 1. The Hall–Kier alpha value is -1.00. The molecule has 4 heteroatoms. The summed E-state index contributed by atoms with van der Waals surface area (Å²) >= 11 is 2.99. The molecule has 2 nitrogen and oxygen atoms in total. The van der Waals surface area contributed by atoms with Gasteiger partial charge in [-0.2, -0.15) is 0 Å². The van der Waals surface area contributed by atoms with Crippen molar-refractivity contribution in [2.24, 2.45) is 0 Å². The smallest absolute Gasteiger partial charge is 0.267 e. The molecule has 14 heavy (non-hydrogen) atoms. The molecule has 0 spiro atoms. The summed E-state index contributed by atoms with van der Waals surface area (Å²) in [5, 5.41) is 0. The molecule has 0 aliphatic carbocycles. The van der Waals surface area contributed by atoms with Crippen LogP contribution in [-0.4, -0.2) is 10.6 Å². The van der Waals surface area contributed by atoms with E-state index in [1.165, 1.54) is 11.5 Å². The van der Waals surface area contributed by atoms with Crippen LogP contribution in [0.15, 0.2) is 39.3 Å². The molecule has 0 amide bonds. The molecule has 1 aromatic carbocycles. The van der Waals surface area contributed by atoms with E-state index in [9.17, 15) is 4.79 Å². The first-order chi connectivity index (χ1) is 6.83. The first-order valence-electron chi connectivity index (χ1n) is 4.14. The van der Waals surface area contributed by atoms with E-state index in [1.54, 1.807) is 11.8 Å². The molecule has 1 N–H and O–H groups in total. The molecule has 2 aromatic rings. The Morgan fingerprint density at radius 1 is 1.29 bits per heavy atom. The molecule has 2 rings (SSSR count). The summed E-state index contributed by atoms with van der Waals surface area (Å²) in [7, 11) is 0. The third-order valence-corrected chi connectivity index (χ3v) is 3.92. The minimum atomic E-state index is 0.00514. The van der Waals surface area contributed by atoms with Gasteiger partial charge in [0.25, 0.3) is 5.56 Å². The Balaban J connectivity index is 2.61. The van der Waals surface area contributed by atoms with Crippen LogP contribution in [0.2, 0.25) is 0 Å². The van der Waals surface area contributed by atoms with Crippen LogP contribution in [0, 0.1) is 0 Å². The topological polar surface area (TPSA) is 32.9 Å². The van der Waals surface area contributed by atoms with Crippen molar-refractivity contribution in [1.82, 2.24) is 4.37 Å². The lowest BCUT2D eigenvalue weighted by Gasteiger charge is -1.97. The van der Waals surface area contributed by atoms with Gasteiger partial charge >= 0.3 is 0 Å². The van der Waals surface area contributed by atoms with Crippen LogP contribution in [0.3, 0.4) is 0 Å². The van der Waals surface area contributed by atoms with E-state index in [0.29, 0.717) is 0 Å². The highest BCUT2D eigenvalue weighted by Gasteiger charge is 2.10. The molecular weight excluding hydrogens is 214 g/mol. The van der Waals surface area contributed by atoms with Gasteiger partial charge in [-0.25, -0.2) is 0 Å². The number of aromatic nitrogens is 1. The number of benzene rings is 1. The molecule has 0 bridgehead atoms. The second kappa shape index (κ2) is 4.02. The fourth-order valence-corrected chi connectivity index (χ4v) is 2.76. The third kappa shape index (κ3) is 1.63. The summed E-state index contributed by atoms with van der Waals surface area (Å²) < 4.78 is 3.79. The van der Waals surface area contributed by atoms with Gasteiger partial charge in [0.15, 0.2) is 0 Å². The summed E-state index contributed by atoms with van der Waals surface area (Å²) in [5.74, 6) is 0. The molecule has 0 saturated carbocycles. The van der Waals surface area contributed by atoms with Gasteiger partial charge in [0.05, 0.1) is 9.77 Å². The van der Waals surface area contributed by atoms with E-state index in [2.05, 4.69) is 4.37 Å². The van der Waals surface area contributed by atoms with E-state index in [1.807, 2.05) is 36.6 Å². The Morgan fingerprint density at radius 2 is 2.00 bits per heavy atom. The number of hydrogen-bond acceptors (Lipinski definition) is 3. The number of aromatic amines is 1. The monoisotopic (exact) mass is 223 g/mol. The summed E-state index contributed by atoms with van der Waals surface area (Å²) in [5.41, 5.74) is 1.79. The van der Waals surface area contributed by atoms with Crippen molar-refractivity contribution in [1.29, 1.82) is 0 Å². The minimum Gasteiger partial charge on any atom is -0.276 e. The maximum Gasteiger partial charge on any atom is 0.267 e. The highest BCUT2D eigenvalue weighted by molar-refractivity contribution is 8.00. The van der Waals surface area contributed by atoms with E-state index >= 15 is 0 Å². The highest BCUT2D eigenvalue weighted by Crippen LogP contribution is 2.29. The van der Waals surface area contributed by atoms with Crippen LogP contribution in [0.4, 0.5) is 0 Å². The number of hydrogen-bond donors (Lipinski definition) is 1. The molecule has 0 aliphatic rings. The molecule has 0 saturated heterocycles. The third-order valence-electron chi connectivity index (χ3n) is 1.92. The van der Waals surface area contributed by atoms with Crippen LogP contribution in [0.25, 0.3) is 11.1 Å². The lowest BCUT2D eigenvalue weighted by molar-refractivity contribution is 1.41. The predicted octanol–water partition coefficient (Wildman–Crippen LogP) is 2.83. The van der Waals surface area contributed by atoms with Gasteiger partial charge in [0.2, 0.25) is 0 Å². The number of thioether (sulfide) groups is 1. The lowest BCUT2D eigenvalue weighted by atomic mass is 10.1. The van der Waals surface area contributed by atoms with Gasteiger partial charge in [-0.15, -0.1) is 11.8 Å². The average molecular weight is 223 g/mol. The van der Waals surface area contributed by atoms with E-state index < -0.39 is 0 Å². The normalized spacial score (nSPS) is 10.4. The zero-order valence-corrected chi connectivity index (χ0v) is 9.24. The number of nitrogens with one attached hydrogen (secondary N) is 1. The van der Waals surface area contributed by atoms with Crippen LogP contribution in [-0.2, 0) is 0 Å². The fourth-order valence-electron chi connectivity index (χ4n) is 1.28. The van der Waals surface area contributed by atoms with Crippen molar-refractivity contribution >= 4 is 23.3 Å². The zero-order chi connectivity index (χ0) is 9.97. The SMILES string of the molecule is CSc1s[nH]c(=O)c1-c1ccccc1. The Kier molecular flexibility index (Phi) is 2.74. The van der Waals surface area contributed by atoms with E-state index in [4.69, 9.17) is 0 Å². The Bertz CT molecular complexity index is 472. The van der Waals surface area contributed by atoms with Crippen molar-refractivity contribution in [3.05, 3.63) is 40.7 Å². The maximum atomic E-state index is 11.5. The molecule has 1 heterocycles. The van der Waals surface area contributed by atoms with Crippen molar-refractivity contribution in [3.8, 4) is 11.1 Å². The first kappa shape index (κ1) is 9.55. The highest BCUT2D eigenvalue weighted by atomic mass is 32.2. The molecule has 0 atom stereocenters. The van der Waals surface area contributed by atoms with Gasteiger partial charge in [-0.3, -0.25) is 9.17 Å². The van der Waals surface area contributed by atoms with Crippen molar-refractivity contribution in [3.63, 3.8) is 0 Å². The minimum absolute atomic E-state index is 0.00514. The van der Waals surface area contributed by atoms with Gasteiger partial charge < -0.3 is 0 Å². The molecule has 0 aliphatic heterocycles. The average Bonchev–Trinajstić information content (AvgIpc) is 2.61. The van der Waals surface area contributed by atoms with Crippen LogP contribution >= 0.6 is 23.3 Å². The van der Waals surface area contributed by atoms with Crippen LogP contribution in [0.1, 0.15) is 0 Å². The summed E-state index contributed by atoms with van der Waals surface area (Å²) in [4.78, 5) is 11.5. The molecule has 0 unspecified atom stereocenters. The summed E-state index contributed by atoms with van der Waals surface area (Å²) in [6.45, 7) is 0. The van der Waals surface area contributed by atoms with Crippen molar-refractivity contribution in [2.45, 2.75) is 4.21 Å². The van der Waals surface area contributed by atoms with Crippen LogP contribution in [0.5, 0.6) is 0 Å². The van der Waals surface area contributed by atoms with E-state index in [-0.39, 0.29) is 5.56 Å². The van der Waals surface area contributed by atoms with Crippen molar-refractivity contribution in [2.75, 3.05) is 6.26 Å². The quantitative estimate of drug-likeness (QED) is 0.794. The predicted molar refractivity (Wildman–Crippen MR) is 62.2 cm³/mol. The summed E-state index contributed by atoms with van der Waals surface area (Å²) in [6.07, 6.45) is 1.98. The summed E-state index contributed by atoms with van der Waals surface area (Å²) in [6, 6.07) is 9.74. The standard InChI is InChI=1S/C10H9NOS2/c1-13-10-8(9(12)11-14-10)7-5-3-2-4-6-7/h2-6H,1H3,(H,11,12). The van der Waals surface area contributed by atoms with Crippen LogP contribution < -0.4 is 5.56 Å². The lowest BCUT2D eigenvalue weighted by Crippen LogP contribution is -2.00. The number of rotatable bonds is 2. The van der Waals surface area contributed by atoms with Gasteiger partial charge in [0, 0.05) is 0 Å². The van der Waals surface area contributed by atoms with Gasteiger partial charge in [0.1, 0.15) is 0 Å².